The molecule has 4 amide bonds. The second-order valence-corrected chi connectivity index (χ2v) is 9.69. The van der Waals surface area contributed by atoms with Crippen molar-refractivity contribution >= 4 is 23.5 Å². The van der Waals surface area contributed by atoms with E-state index in [2.05, 4.69) is 41.6 Å². The number of rotatable bonds is 4. The number of aromatic amines is 1. The number of hydrogen-bond donors (Lipinski definition) is 3. The van der Waals surface area contributed by atoms with E-state index >= 15 is 0 Å². The highest BCUT2D eigenvalue weighted by Crippen LogP contribution is 2.46. The number of benzene rings is 1. The maximum atomic E-state index is 13.2. The average molecular weight is 438 g/mol. The van der Waals surface area contributed by atoms with Crippen LogP contribution in [0.15, 0.2) is 41.2 Å². The Hall–Kier alpha value is -3.49. The van der Waals surface area contributed by atoms with Crippen molar-refractivity contribution in [2.24, 2.45) is 11.3 Å². The van der Waals surface area contributed by atoms with Crippen molar-refractivity contribution in [3.63, 3.8) is 0 Å². The van der Waals surface area contributed by atoms with Gasteiger partial charge in [0.15, 0.2) is 0 Å². The van der Waals surface area contributed by atoms with Gasteiger partial charge in [-0.1, -0.05) is 32.9 Å². The molecule has 32 heavy (non-hydrogen) atoms. The number of carbonyl (C=O) groups is 3. The van der Waals surface area contributed by atoms with Gasteiger partial charge in [0.05, 0.1) is 5.69 Å². The van der Waals surface area contributed by atoms with Crippen molar-refractivity contribution in [1.29, 1.82) is 0 Å². The first-order valence-electron chi connectivity index (χ1n) is 10.7. The third kappa shape index (κ3) is 4.28. The number of amides is 4. The molecular formula is C23H27N5O4. The van der Waals surface area contributed by atoms with Crippen LogP contribution in [0.1, 0.15) is 40.0 Å². The smallest absolute Gasteiger partial charge is 0.325 e. The molecule has 0 unspecified atom stereocenters. The van der Waals surface area contributed by atoms with Crippen LogP contribution in [0.5, 0.6) is 0 Å². The molecule has 9 heteroatoms. The van der Waals surface area contributed by atoms with Gasteiger partial charge in [-0.3, -0.25) is 19.3 Å². The summed E-state index contributed by atoms with van der Waals surface area (Å²) < 4.78 is 0. The molecule has 3 N–H and O–H groups in total. The third-order valence-corrected chi connectivity index (χ3v) is 6.05. The lowest BCUT2D eigenvalue weighted by Gasteiger charge is -2.43. The molecule has 0 radical (unpaired) electrons. The van der Waals surface area contributed by atoms with Crippen molar-refractivity contribution in [3.8, 4) is 11.3 Å². The lowest BCUT2D eigenvalue weighted by Crippen LogP contribution is -2.54. The van der Waals surface area contributed by atoms with Crippen LogP contribution in [0.2, 0.25) is 0 Å². The fourth-order valence-electron chi connectivity index (χ4n) is 5.26. The molecule has 4 rings (SSSR count). The molecule has 2 heterocycles. The number of urea groups is 1. The van der Waals surface area contributed by atoms with Crippen LogP contribution >= 0.6 is 0 Å². The fraction of sp³-hybridized carbons (Fsp3) is 0.435. The molecule has 1 aliphatic heterocycles. The van der Waals surface area contributed by atoms with E-state index in [4.69, 9.17) is 0 Å². The second-order valence-electron chi connectivity index (χ2n) is 9.69. The molecule has 2 atom stereocenters. The minimum atomic E-state index is -0.936. The first-order chi connectivity index (χ1) is 15.1. The summed E-state index contributed by atoms with van der Waals surface area (Å²) in [5, 5.41) is 12.0. The highest BCUT2D eigenvalue weighted by molar-refractivity contribution is 6.10. The summed E-state index contributed by atoms with van der Waals surface area (Å²) >= 11 is 0. The second kappa shape index (κ2) is 7.89. The molecule has 2 fully saturated rings. The topological polar surface area (TPSA) is 124 Å². The first kappa shape index (κ1) is 21.7. The number of nitrogens with zero attached hydrogens (tertiary/aromatic N) is 2. The Bertz CT molecular complexity index is 1120. The van der Waals surface area contributed by atoms with Crippen molar-refractivity contribution < 1.29 is 14.4 Å². The van der Waals surface area contributed by atoms with Crippen LogP contribution in [0.4, 0.5) is 10.5 Å². The Morgan fingerprint density at radius 1 is 1.19 bits per heavy atom. The van der Waals surface area contributed by atoms with Gasteiger partial charge >= 0.3 is 6.03 Å². The average Bonchev–Trinajstić information content (AvgIpc) is 2.90. The van der Waals surface area contributed by atoms with Gasteiger partial charge in [-0.25, -0.2) is 9.89 Å². The Balaban J connectivity index is 1.46. The highest BCUT2D eigenvalue weighted by atomic mass is 16.2. The van der Waals surface area contributed by atoms with Gasteiger partial charge in [-0.15, -0.1) is 0 Å². The molecule has 1 aliphatic carbocycles. The molecule has 1 spiro atoms. The SMILES string of the molecule is C[C@@H]1CC(C)(C)C[C@@]2(C1)NC(=O)N(CC(=O)Nc1cccc(-c3ccc(=O)[nH]n3)c1)C2=O. The van der Waals surface area contributed by atoms with Crippen molar-refractivity contribution in [2.45, 2.75) is 45.6 Å². The van der Waals surface area contributed by atoms with Gasteiger partial charge in [0, 0.05) is 17.3 Å². The van der Waals surface area contributed by atoms with E-state index in [1.807, 2.05) is 0 Å². The van der Waals surface area contributed by atoms with Crippen LogP contribution in [0, 0.1) is 11.3 Å². The molecule has 2 aliphatic rings. The van der Waals surface area contributed by atoms with Crippen molar-refractivity contribution in [1.82, 2.24) is 20.4 Å². The predicted molar refractivity (Wildman–Crippen MR) is 119 cm³/mol. The Morgan fingerprint density at radius 3 is 2.66 bits per heavy atom. The highest BCUT2D eigenvalue weighted by Gasteiger charge is 2.56. The summed E-state index contributed by atoms with van der Waals surface area (Å²) in [4.78, 5) is 50.7. The summed E-state index contributed by atoms with van der Waals surface area (Å²) in [7, 11) is 0. The molecular weight excluding hydrogens is 410 g/mol. The Kier molecular flexibility index (Phi) is 5.36. The monoisotopic (exact) mass is 437 g/mol. The van der Waals surface area contributed by atoms with E-state index in [0.29, 0.717) is 35.7 Å². The lowest BCUT2D eigenvalue weighted by atomic mass is 9.64. The minimum absolute atomic E-state index is 0.0743. The van der Waals surface area contributed by atoms with Gasteiger partial charge in [-0.2, -0.15) is 5.10 Å². The predicted octanol–water partition coefficient (Wildman–Crippen LogP) is 2.51. The maximum Gasteiger partial charge on any atom is 0.325 e. The standard InChI is InChI=1S/C23H27N5O4/c1-14-10-22(2,3)13-23(11-14)20(31)28(21(32)25-23)12-19(30)24-16-6-4-5-15(9-16)17-7-8-18(29)27-26-17/h4-9,14H,10-13H2,1-3H3,(H,24,30)(H,25,32)(H,27,29)/t14-,23-/m1/s1. The van der Waals surface area contributed by atoms with Crippen LogP contribution < -0.4 is 16.2 Å². The lowest BCUT2D eigenvalue weighted by molar-refractivity contribution is -0.136. The molecule has 1 saturated carbocycles. The van der Waals surface area contributed by atoms with Crippen LogP contribution in [-0.2, 0) is 9.59 Å². The largest absolute Gasteiger partial charge is 0.325 e. The fourth-order valence-corrected chi connectivity index (χ4v) is 5.26. The van der Waals surface area contributed by atoms with Gasteiger partial charge in [0.25, 0.3) is 11.5 Å². The van der Waals surface area contributed by atoms with E-state index in [9.17, 15) is 19.2 Å². The summed E-state index contributed by atoms with van der Waals surface area (Å²) in [5.41, 5.74) is 0.427. The molecule has 9 nitrogen and oxygen atoms in total. The number of anilines is 1. The van der Waals surface area contributed by atoms with Gasteiger partial charge in [0.2, 0.25) is 5.91 Å². The van der Waals surface area contributed by atoms with E-state index in [0.717, 1.165) is 11.3 Å². The number of hydrogen-bond acceptors (Lipinski definition) is 5. The van der Waals surface area contributed by atoms with Gasteiger partial charge in [-0.05, 0) is 48.8 Å². The molecule has 168 valence electrons. The third-order valence-electron chi connectivity index (χ3n) is 6.05. The quantitative estimate of drug-likeness (QED) is 0.634. The van der Waals surface area contributed by atoms with Gasteiger partial charge < -0.3 is 10.6 Å². The number of imide groups is 1. The zero-order chi connectivity index (χ0) is 23.1. The van der Waals surface area contributed by atoms with E-state index in [-0.39, 0.29) is 23.4 Å². The minimum Gasteiger partial charge on any atom is -0.325 e. The van der Waals surface area contributed by atoms with E-state index in [1.165, 1.54) is 6.07 Å². The van der Waals surface area contributed by atoms with Crippen LogP contribution in [0.25, 0.3) is 11.3 Å². The van der Waals surface area contributed by atoms with E-state index in [1.54, 1.807) is 30.3 Å². The van der Waals surface area contributed by atoms with Crippen LogP contribution in [-0.4, -0.2) is 45.0 Å². The van der Waals surface area contributed by atoms with Crippen molar-refractivity contribution in [2.75, 3.05) is 11.9 Å². The summed E-state index contributed by atoms with van der Waals surface area (Å²) in [6.45, 7) is 5.93. The number of aromatic nitrogens is 2. The van der Waals surface area contributed by atoms with Crippen molar-refractivity contribution in [3.05, 3.63) is 46.8 Å². The molecule has 1 aromatic heterocycles. The first-order valence-corrected chi connectivity index (χ1v) is 10.7. The van der Waals surface area contributed by atoms with Gasteiger partial charge in [0.1, 0.15) is 12.1 Å². The zero-order valence-corrected chi connectivity index (χ0v) is 18.4. The number of carbonyl (C=O) groups excluding carboxylic acids is 3. The Morgan fingerprint density at radius 2 is 1.97 bits per heavy atom. The van der Waals surface area contributed by atoms with E-state index < -0.39 is 17.5 Å². The molecule has 1 aromatic carbocycles. The number of H-pyrrole nitrogens is 1. The summed E-state index contributed by atoms with van der Waals surface area (Å²) in [5.74, 6) is -0.509. The maximum absolute atomic E-state index is 13.2. The summed E-state index contributed by atoms with van der Waals surface area (Å²) in [6, 6.07) is 9.37. The molecule has 2 aromatic rings. The normalized spacial score (nSPS) is 24.5. The molecule has 0 bridgehead atoms. The molecule has 1 saturated heterocycles. The number of nitrogens with one attached hydrogen (secondary N) is 3. The summed E-state index contributed by atoms with van der Waals surface area (Å²) in [6.07, 6.45) is 2.12. The Labute approximate surface area is 185 Å². The zero-order valence-electron chi connectivity index (χ0n) is 18.4. The van der Waals surface area contributed by atoms with Crippen LogP contribution in [0.3, 0.4) is 0 Å².